The Kier molecular flexibility index (Phi) is 2.37. The summed E-state index contributed by atoms with van der Waals surface area (Å²) in [7, 11) is 0. The van der Waals surface area contributed by atoms with E-state index in [1.54, 1.807) is 0 Å². The maximum Gasteiger partial charge on any atom is 0.192 e. The minimum atomic E-state index is -0.0216. The highest BCUT2D eigenvalue weighted by atomic mass is 16.5. The number of rotatable bonds is 1. The zero-order valence-corrected chi connectivity index (χ0v) is 10.3. The van der Waals surface area contributed by atoms with Crippen LogP contribution in [-0.4, -0.2) is 10.3 Å². The summed E-state index contributed by atoms with van der Waals surface area (Å²) >= 11 is 0. The van der Waals surface area contributed by atoms with E-state index in [4.69, 9.17) is 9.05 Å². The number of hydrogen-bond acceptors (Lipinski definition) is 4. The van der Waals surface area contributed by atoms with Crippen molar-refractivity contribution in [3.63, 3.8) is 0 Å². The van der Waals surface area contributed by atoms with Gasteiger partial charge in [-0.05, 0) is 19.3 Å². The Bertz CT molecular complexity index is 503. The molecule has 0 aliphatic rings. The molecule has 0 aliphatic carbocycles. The third kappa shape index (κ3) is 1.75. The first-order chi connectivity index (χ1) is 7.39. The standard InChI is InChI=1S/C12H16N2O2/c1-7-6-9(14-15-7)11-10(12(3,4)5)8(2)13-16-11/h6H,1-5H3. The third-order valence-corrected chi connectivity index (χ3v) is 2.47. The van der Waals surface area contributed by atoms with Crippen molar-refractivity contribution in [3.8, 4) is 11.5 Å². The molecular weight excluding hydrogens is 204 g/mol. The lowest BCUT2D eigenvalue weighted by Crippen LogP contribution is -2.13. The lowest BCUT2D eigenvalue weighted by molar-refractivity contribution is 0.389. The van der Waals surface area contributed by atoms with Crippen molar-refractivity contribution in [1.82, 2.24) is 10.3 Å². The topological polar surface area (TPSA) is 52.1 Å². The molecule has 0 aliphatic heterocycles. The molecule has 2 aromatic heterocycles. The highest BCUT2D eigenvalue weighted by molar-refractivity contribution is 5.59. The minimum absolute atomic E-state index is 0.0216. The zero-order chi connectivity index (χ0) is 11.9. The van der Waals surface area contributed by atoms with Crippen LogP contribution in [0.15, 0.2) is 15.1 Å². The van der Waals surface area contributed by atoms with Gasteiger partial charge in [0.05, 0.1) is 5.69 Å². The Morgan fingerprint density at radius 2 is 1.75 bits per heavy atom. The van der Waals surface area contributed by atoms with Crippen LogP contribution in [0.4, 0.5) is 0 Å². The lowest BCUT2D eigenvalue weighted by Gasteiger charge is -2.17. The average Bonchev–Trinajstić information content (AvgIpc) is 2.70. The first kappa shape index (κ1) is 10.9. The summed E-state index contributed by atoms with van der Waals surface area (Å²) in [6, 6.07) is 1.86. The van der Waals surface area contributed by atoms with Crippen molar-refractivity contribution >= 4 is 0 Å². The summed E-state index contributed by atoms with van der Waals surface area (Å²) in [5, 5.41) is 7.98. The van der Waals surface area contributed by atoms with E-state index in [9.17, 15) is 0 Å². The van der Waals surface area contributed by atoms with E-state index in [-0.39, 0.29) is 5.41 Å². The molecule has 0 aromatic carbocycles. The van der Waals surface area contributed by atoms with Gasteiger partial charge in [0.15, 0.2) is 11.5 Å². The van der Waals surface area contributed by atoms with Gasteiger partial charge in [0.25, 0.3) is 0 Å². The summed E-state index contributed by atoms with van der Waals surface area (Å²) < 4.78 is 10.4. The van der Waals surface area contributed by atoms with Crippen molar-refractivity contribution in [2.45, 2.75) is 40.0 Å². The first-order valence-corrected chi connectivity index (χ1v) is 5.30. The molecule has 0 unspecified atom stereocenters. The van der Waals surface area contributed by atoms with Crippen LogP contribution in [0, 0.1) is 13.8 Å². The van der Waals surface area contributed by atoms with Gasteiger partial charge in [0.2, 0.25) is 0 Å². The molecule has 2 heterocycles. The molecule has 0 N–H and O–H groups in total. The molecule has 4 heteroatoms. The van der Waals surface area contributed by atoms with Gasteiger partial charge in [0.1, 0.15) is 5.76 Å². The molecule has 86 valence electrons. The summed E-state index contributed by atoms with van der Waals surface area (Å²) in [4.78, 5) is 0. The Hall–Kier alpha value is -1.58. The monoisotopic (exact) mass is 220 g/mol. The smallest absolute Gasteiger partial charge is 0.192 e. The number of aryl methyl sites for hydroxylation is 2. The molecule has 2 aromatic rings. The van der Waals surface area contributed by atoms with E-state index in [0.29, 0.717) is 11.5 Å². The van der Waals surface area contributed by atoms with Crippen molar-refractivity contribution in [1.29, 1.82) is 0 Å². The van der Waals surface area contributed by atoms with Crippen LogP contribution in [0.3, 0.4) is 0 Å². The average molecular weight is 220 g/mol. The highest BCUT2D eigenvalue weighted by Gasteiger charge is 2.27. The lowest BCUT2D eigenvalue weighted by atomic mass is 9.85. The predicted octanol–water partition coefficient (Wildman–Crippen LogP) is 3.24. The van der Waals surface area contributed by atoms with Crippen LogP contribution in [0.2, 0.25) is 0 Å². The molecule has 0 saturated carbocycles. The molecule has 0 saturated heterocycles. The second-order valence-electron chi connectivity index (χ2n) is 5.04. The van der Waals surface area contributed by atoms with Gasteiger partial charge in [-0.3, -0.25) is 0 Å². The van der Waals surface area contributed by atoms with Gasteiger partial charge >= 0.3 is 0 Å². The molecule has 0 amide bonds. The van der Waals surface area contributed by atoms with Crippen molar-refractivity contribution in [2.75, 3.05) is 0 Å². The maximum atomic E-state index is 5.35. The van der Waals surface area contributed by atoms with Crippen molar-refractivity contribution in [3.05, 3.63) is 23.1 Å². The fraction of sp³-hybridized carbons (Fsp3) is 0.500. The normalized spacial score (nSPS) is 12.1. The van der Waals surface area contributed by atoms with Crippen LogP contribution in [0.25, 0.3) is 11.5 Å². The van der Waals surface area contributed by atoms with Gasteiger partial charge < -0.3 is 9.05 Å². The predicted molar refractivity (Wildman–Crippen MR) is 60.2 cm³/mol. The van der Waals surface area contributed by atoms with E-state index in [1.807, 2.05) is 19.9 Å². The quantitative estimate of drug-likeness (QED) is 0.740. The van der Waals surface area contributed by atoms with Gasteiger partial charge in [-0.2, -0.15) is 0 Å². The Labute approximate surface area is 94.6 Å². The number of aromatic nitrogens is 2. The van der Waals surface area contributed by atoms with E-state index in [1.165, 1.54) is 0 Å². The van der Waals surface area contributed by atoms with E-state index < -0.39 is 0 Å². The van der Waals surface area contributed by atoms with Crippen molar-refractivity contribution < 1.29 is 9.05 Å². The summed E-state index contributed by atoms with van der Waals surface area (Å²) in [5.74, 6) is 1.48. The minimum Gasteiger partial charge on any atom is -0.361 e. The Balaban J connectivity index is 2.58. The molecule has 0 radical (unpaired) electrons. The molecule has 0 fully saturated rings. The molecule has 0 spiro atoms. The van der Waals surface area contributed by atoms with E-state index >= 15 is 0 Å². The summed E-state index contributed by atoms with van der Waals surface area (Å²) in [5.41, 5.74) is 2.68. The van der Waals surface area contributed by atoms with Gasteiger partial charge in [-0.25, -0.2) is 0 Å². The van der Waals surface area contributed by atoms with Crippen LogP contribution in [-0.2, 0) is 5.41 Å². The second kappa shape index (κ2) is 3.47. The second-order valence-corrected chi connectivity index (χ2v) is 5.04. The van der Waals surface area contributed by atoms with Crippen LogP contribution >= 0.6 is 0 Å². The van der Waals surface area contributed by atoms with Gasteiger partial charge in [0, 0.05) is 11.6 Å². The molecule has 4 nitrogen and oxygen atoms in total. The largest absolute Gasteiger partial charge is 0.361 e. The first-order valence-electron chi connectivity index (χ1n) is 5.30. The van der Waals surface area contributed by atoms with Crippen LogP contribution in [0.5, 0.6) is 0 Å². The number of hydrogen-bond donors (Lipinski definition) is 0. The highest BCUT2D eigenvalue weighted by Crippen LogP contribution is 2.34. The summed E-state index contributed by atoms with van der Waals surface area (Å²) in [6.45, 7) is 10.2. The van der Waals surface area contributed by atoms with Crippen LogP contribution in [0.1, 0.15) is 37.8 Å². The summed E-state index contributed by atoms with van der Waals surface area (Å²) in [6.07, 6.45) is 0. The number of nitrogens with zero attached hydrogens (tertiary/aromatic N) is 2. The molecule has 0 bridgehead atoms. The molecule has 0 atom stereocenters. The Morgan fingerprint density at radius 3 is 2.25 bits per heavy atom. The molecule has 16 heavy (non-hydrogen) atoms. The zero-order valence-electron chi connectivity index (χ0n) is 10.3. The Morgan fingerprint density at radius 1 is 1.06 bits per heavy atom. The fourth-order valence-electron chi connectivity index (χ4n) is 1.90. The maximum absolute atomic E-state index is 5.35. The molecular formula is C12H16N2O2. The van der Waals surface area contributed by atoms with Crippen LogP contribution < -0.4 is 0 Å². The molecule has 2 rings (SSSR count). The van der Waals surface area contributed by atoms with Gasteiger partial charge in [-0.1, -0.05) is 31.1 Å². The van der Waals surface area contributed by atoms with E-state index in [0.717, 1.165) is 17.0 Å². The third-order valence-electron chi connectivity index (χ3n) is 2.47. The van der Waals surface area contributed by atoms with E-state index in [2.05, 4.69) is 31.1 Å². The van der Waals surface area contributed by atoms with Crippen molar-refractivity contribution in [2.24, 2.45) is 0 Å². The van der Waals surface area contributed by atoms with Gasteiger partial charge in [-0.15, -0.1) is 0 Å². The SMILES string of the molecule is Cc1cc(-c2onc(C)c2C(C)(C)C)no1. The fourth-order valence-corrected chi connectivity index (χ4v) is 1.90.